The van der Waals surface area contributed by atoms with Gasteiger partial charge in [0.1, 0.15) is 0 Å². The lowest BCUT2D eigenvalue weighted by Gasteiger charge is -2.22. The number of amides is 2. The molecule has 3 N–H and O–H groups in total. The molecule has 5 nitrogen and oxygen atoms in total. The van der Waals surface area contributed by atoms with Gasteiger partial charge in [-0.3, -0.25) is 9.59 Å². The predicted octanol–water partition coefficient (Wildman–Crippen LogP) is 2.76. The van der Waals surface area contributed by atoms with E-state index in [2.05, 4.69) is 16.0 Å². The van der Waals surface area contributed by atoms with Gasteiger partial charge in [0, 0.05) is 42.7 Å². The van der Waals surface area contributed by atoms with E-state index in [0.717, 1.165) is 18.1 Å². The number of anilines is 1. The molecule has 0 spiro atoms. The molecule has 1 aromatic carbocycles. The molecule has 2 rings (SSSR count). The Bertz CT molecular complexity index is 589. The van der Waals surface area contributed by atoms with Gasteiger partial charge in [-0.2, -0.15) is 11.8 Å². The van der Waals surface area contributed by atoms with Crippen LogP contribution in [0.25, 0.3) is 0 Å². The number of benzene rings is 1. The van der Waals surface area contributed by atoms with Gasteiger partial charge in [-0.05, 0) is 24.1 Å². The van der Waals surface area contributed by atoms with Crippen LogP contribution in [0, 0.1) is 5.92 Å². The van der Waals surface area contributed by atoms with Gasteiger partial charge in [-0.1, -0.05) is 25.4 Å². The smallest absolute Gasteiger partial charge is 0.252 e. The molecule has 0 radical (unpaired) electrons. The quantitative estimate of drug-likeness (QED) is 0.721. The molecular formula is C17H24ClN3O2S. The normalized spacial score (nSPS) is 17.6. The van der Waals surface area contributed by atoms with Gasteiger partial charge in [0.05, 0.1) is 10.6 Å². The predicted molar refractivity (Wildman–Crippen MR) is 101 cm³/mol. The van der Waals surface area contributed by atoms with Gasteiger partial charge in [0.2, 0.25) is 5.91 Å². The SMILES string of the molecule is CC(C)CNC(=O)c1ccc(NC(=O)CC2CSCCN2)cc1Cl. The number of hydrogen-bond donors (Lipinski definition) is 3. The third-order valence-electron chi connectivity index (χ3n) is 3.60. The Labute approximate surface area is 152 Å². The highest BCUT2D eigenvalue weighted by Gasteiger charge is 2.17. The fourth-order valence-electron chi connectivity index (χ4n) is 2.36. The van der Waals surface area contributed by atoms with Gasteiger partial charge < -0.3 is 16.0 Å². The molecule has 0 bridgehead atoms. The average Bonchev–Trinajstić information content (AvgIpc) is 2.53. The number of carbonyl (C=O) groups excluding carboxylic acids is 2. The van der Waals surface area contributed by atoms with Gasteiger partial charge in [-0.15, -0.1) is 0 Å². The van der Waals surface area contributed by atoms with E-state index in [1.807, 2.05) is 25.6 Å². The first kappa shape index (κ1) is 19.1. The van der Waals surface area contributed by atoms with Crippen molar-refractivity contribution in [3.05, 3.63) is 28.8 Å². The van der Waals surface area contributed by atoms with Crippen LogP contribution in [0.4, 0.5) is 5.69 Å². The minimum atomic E-state index is -0.199. The summed E-state index contributed by atoms with van der Waals surface area (Å²) in [6, 6.07) is 5.17. The average molecular weight is 370 g/mol. The second-order valence-corrected chi connectivity index (χ2v) is 7.83. The van der Waals surface area contributed by atoms with Crippen molar-refractivity contribution in [2.75, 3.05) is 29.9 Å². The zero-order valence-electron chi connectivity index (χ0n) is 14.0. The molecule has 2 amide bonds. The second kappa shape index (κ2) is 9.30. The van der Waals surface area contributed by atoms with Crippen LogP contribution >= 0.6 is 23.4 Å². The number of nitrogens with one attached hydrogen (secondary N) is 3. The van der Waals surface area contributed by atoms with E-state index in [-0.39, 0.29) is 17.9 Å². The van der Waals surface area contributed by atoms with Crippen molar-refractivity contribution in [1.82, 2.24) is 10.6 Å². The van der Waals surface area contributed by atoms with Crippen molar-refractivity contribution in [3.63, 3.8) is 0 Å². The highest BCUT2D eigenvalue weighted by atomic mass is 35.5. The first-order valence-corrected chi connectivity index (χ1v) is 9.67. The summed E-state index contributed by atoms with van der Waals surface area (Å²) in [6.45, 7) is 5.59. The Morgan fingerprint density at radius 3 is 2.83 bits per heavy atom. The maximum Gasteiger partial charge on any atom is 0.252 e. The van der Waals surface area contributed by atoms with E-state index in [9.17, 15) is 9.59 Å². The first-order valence-electron chi connectivity index (χ1n) is 8.14. The summed E-state index contributed by atoms with van der Waals surface area (Å²) in [5.41, 5.74) is 1.02. The molecule has 1 unspecified atom stereocenters. The van der Waals surface area contributed by atoms with E-state index in [0.29, 0.717) is 35.2 Å². The Hall–Kier alpha value is -1.24. The molecule has 1 heterocycles. The maximum atomic E-state index is 12.1. The third kappa shape index (κ3) is 6.00. The molecule has 1 aliphatic rings. The summed E-state index contributed by atoms with van der Waals surface area (Å²) in [5, 5.41) is 9.34. The zero-order chi connectivity index (χ0) is 17.5. The van der Waals surface area contributed by atoms with Gasteiger partial charge in [-0.25, -0.2) is 0 Å². The van der Waals surface area contributed by atoms with Crippen LogP contribution in [-0.4, -0.2) is 42.5 Å². The molecule has 0 aliphatic carbocycles. The molecule has 0 saturated carbocycles. The molecule has 24 heavy (non-hydrogen) atoms. The van der Waals surface area contributed by atoms with Crippen molar-refractivity contribution >= 4 is 40.9 Å². The van der Waals surface area contributed by atoms with Crippen LogP contribution in [-0.2, 0) is 4.79 Å². The minimum absolute atomic E-state index is 0.0527. The van der Waals surface area contributed by atoms with Gasteiger partial charge >= 0.3 is 0 Å². The fourth-order valence-corrected chi connectivity index (χ4v) is 3.57. The number of hydrogen-bond acceptors (Lipinski definition) is 4. The lowest BCUT2D eigenvalue weighted by molar-refractivity contribution is -0.116. The Morgan fingerprint density at radius 2 is 2.21 bits per heavy atom. The topological polar surface area (TPSA) is 70.2 Å². The van der Waals surface area contributed by atoms with Crippen molar-refractivity contribution in [2.24, 2.45) is 5.92 Å². The standard InChI is InChI=1S/C17H24ClN3O2S/c1-11(2)9-20-17(23)14-4-3-12(7-15(14)18)21-16(22)8-13-10-24-6-5-19-13/h3-4,7,11,13,19H,5-6,8-10H2,1-2H3,(H,20,23)(H,21,22). The van der Waals surface area contributed by atoms with Crippen molar-refractivity contribution in [1.29, 1.82) is 0 Å². The molecule has 0 aromatic heterocycles. The lowest BCUT2D eigenvalue weighted by atomic mass is 10.1. The summed E-state index contributed by atoms with van der Waals surface area (Å²) in [7, 11) is 0. The van der Waals surface area contributed by atoms with Crippen LogP contribution in [0.2, 0.25) is 5.02 Å². The van der Waals surface area contributed by atoms with Crippen LogP contribution in [0.5, 0.6) is 0 Å². The summed E-state index contributed by atoms with van der Waals surface area (Å²) in [4.78, 5) is 24.2. The number of thioether (sulfide) groups is 1. The molecule has 1 aliphatic heterocycles. The summed E-state index contributed by atoms with van der Waals surface area (Å²) >= 11 is 8.04. The van der Waals surface area contributed by atoms with E-state index < -0.39 is 0 Å². The lowest BCUT2D eigenvalue weighted by Crippen LogP contribution is -2.39. The van der Waals surface area contributed by atoms with Crippen molar-refractivity contribution in [2.45, 2.75) is 26.3 Å². The van der Waals surface area contributed by atoms with Crippen LogP contribution in [0.1, 0.15) is 30.6 Å². The van der Waals surface area contributed by atoms with Crippen molar-refractivity contribution < 1.29 is 9.59 Å². The van der Waals surface area contributed by atoms with E-state index >= 15 is 0 Å². The first-order chi connectivity index (χ1) is 11.5. The second-order valence-electron chi connectivity index (χ2n) is 6.28. The highest BCUT2D eigenvalue weighted by Crippen LogP contribution is 2.21. The number of rotatable bonds is 6. The molecule has 1 saturated heterocycles. The number of halogens is 1. The third-order valence-corrected chi connectivity index (χ3v) is 5.04. The Morgan fingerprint density at radius 1 is 1.42 bits per heavy atom. The zero-order valence-corrected chi connectivity index (χ0v) is 15.6. The van der Waals surface area contributed by atoms with Crippen LogP contribution in [0.3, 0.4) is 0 Å². The fraction of sp³-hybridized carbons (Fsp3) is 0.529. The van der Waals surface area contributed by atoms with Crippen LogP contribution < -0.4 is 16.0 Å². The Kier molecular flexibility index (Phi) is 7.40. The highest BCUT2D eigenvalue weighted by molar-refractivity contribution is 7.99. The van der Waals surface area contributed by atoms with Gasteiger partial charge in [0.25, 0.3) is 5.91 Å². The summed E-state index contributed by atoms with van der Waals surface area (Å²) in [6.07, 6.45) is 0.432. The Balaban J connectivity index is 1.91. The maximum absolute atomic E-state index is 12.1. The largest absolute Gasteiger partial charge is 0.352 e. The van der Waals surface area contributed by atoms with Crippen LogP contribution in [0.15, 0.2) is 18.2 Å². The van der Waals surface area contributed by atoms with E-state index in [1.165, 1.54) is 0 Å². The molecule has 7 heteroatoms. The molecule has 1 atom stereocenters. The monoisotopic (exact) mass is 369 g/mol. The molecular weight excluding hydrogens is 346 g/mol. The summed E-state index contributed by atoms with van der Waals surface area (Å²) < 4.78 is 0. The van der Waals surface area contributed by atoms with Gasteiger partial charge in [0.15, 0.2) is 0 Å². The molecule has 1 fully saturated rings. The number of carbonyl (C=O) groups is 2. The molecule has 132 valence electrons. The molecule has 1 aromatic rings. The van der Waals surface area contributed by atoms with E-state index in [1.54, 1.807) is 18.2 Å². The minimum Gasteiger partial charge on any atom is -0.352 e. The summed E-state index contributed by atoms with van der Waals surface area (Å²) in [5.74, 6) is 2.16. The van der Waals surface area contributed by atoms with Crippen molar-refractivity contribution in [3.8, 4) is 0 Å². The van der Waals surface area contributed by atoms with E-state index in [4.69, 9.17) is 11.6 Å².